The molecule has 1 fully saturated rings. The number of rotatable bonds is 6. The molecule has 4 nitrogen and oxygen atoms in total. The molecule has 25 heavy (non-hydrogen) atoms. The van der Waals surface area contributed by atoms with Gasteiger partial charge in [-0.15, -0.1) is 24.0 Å². The molecule has 1 atom stereocenters. The van der Waals surface area contributed by atoms with Crippen LogP contribution in [0.1, 0.15) is 18.9 Å². The van der Waals surface area contributed by atoms with E-state index in [9.17, 15) is 13.2 Å². The molecule has 0 aromatic heterocycles. The van der Waals surface area contributed by atoms with Crippen LogP contribution >= 0.6 is 24.0 Å². The molecule has 142 valence electrons. The van der Waals surface area contributed by atoms with E-state index in [1.807, 2.05) is 25.1 Å². The Bertz CT molecular complexity index is 522. The number of likely N-dealkylation sites (tertiary alicyclic amines) is 1. The highest BCUT2D eigenvalue weighted by Crippen LogP contribution is 2.19. The quantitative estimate of drug-likeness (QED) is 0.382. The number of benzene rings is 1. The summed E-state index contributed by atoms with van der Waals surface area (Å²) in [7, 11) is 0. The van der Waals surface area contributed by atoms with Crippen LogP contribution in [0, 0.1) is 0 Å². The highest BCUT2D eigenvalue weighted by Gasteiger charge is 2.34. The van der Waals surface area contributed by atoms with Gasteiger partial charge in [-0.05, 0) is 25.3 Å². The van der Waals surface area contributed by atoms with E-state index >= 15 is 0 Å². The van der Waals surface area contributed by atoms with E-state index in [1.54, 1.807) is 0 Å². The lowest BCUT2D eigenvalue weighted by molar-refractivity contribution is -0.143. The molecule has 0 radical (unpaired) electrons. The third-order valence-electron chi connectivity index (χ3n) is 3.87. The van der Waals surface area contributed by atoms with Gasteiger partial charge < -0.3 is 10.6 Å². The Kier molecular flexibility index (Phi) is 9.55. The molecule has 1 saturated heterocycles. The van der Waals surface area contributed by atoms with Crippen molar-refractivity contribution in [1.82, 2.24) is 15.5 Å². The highest BCUT2D eigenvalue weighted by atomic mass is 127. The Morgan fingerprint density at radius 1 is 1.28 bits per heavy atom. The summed E-state index contributed by atoms with van der Waals surface area (Å²) in [6.45, 7) is 3.34. The first-order valence-corrected chi connectivity index (χ1v) is 8.34. The Hall–Kier alpha value is -1.03. The van der Waals surface area contributed by atoms with Crippen LogP contribution in [0.2, 0.25) is 0 Å². The van der Waals surface area contributed by atoms with E-state index in [0.717, 1.165) is 13.0 Å². The molecule has 0 aliphatic carbocycles. The Labute approximate surface area is 164 Å². The SMILES string of the molecule is CCNC(=NCCc1ccccc1)NC1CCN(CC(F)(F)F)C1.I. The van der Waals surface area contributed by atoms with Gasteiger partial charge in [0.15, 0.2) is 5.96 Å². The summed E-state index contributed by atoms with van der Waals surface area (Å²) < 4.78 is 37.3. The number of nitrogens with zero attached hydrogens (tertiary/aromatic N) is 2. The largest absolute Gasteiger partial charge is 0.401 e. The Morgan fingerprint density at radius 2 is 2.00 bits per heavy atom. The lowest BCUT2D eigenvalue weighted by atomic mass is 10.2. The van der Waals surface area contributed by atoms with Gasteiger partial charge in [-0.25, -0.2) is 0 Å². The maximum Gasteiger partial charge on any atom is 0.401 e. The molecule has 0 bridgehead atoms. The van der Waals surface area contributed by atoms with Crippen LogP contribution in [0.15, 0.2) is 35.3 Å². The molecule has 1 aliphatic heterocycles. The third-order valence-corrected chi connectivity index (χ3v) is 3.87. The van der Waals surface area contributed by atoms with Gasteiger partial charge in [0.05, 0.1) is 6.54 Å². The van der Waals surface area contributed by atoms with Crippen LogP contribution in [-0.4, -0.2) is 55.8 Å². The summed E-state index contributed by atoms with van der Waals surface area (Å²) in [5.41, 5.74) is 1.22. The van der Waals surface area contributed by atoms with E-state index in [-0.39, 0.29) is 30.0 Å². The number of aliphatic imine (C=N–C) groups is 1. The topological polar surface area (TPSA) is 39.7 Å². The fourth-order valence-corrected chi connectivity index (χ4v) is 2.80. The molecule has 1 unspecified atom stereocenters. The van der Waals surface area contributed by atoms with E-state index in [2.05, 4.69) is 27.8 Å². The van der Waals surface area contributed by atoms with Crippen LogP contribution in [0.4, 0.5) is 13.2 Å². The number of alkyl halides is 3. The summed E-state index contributed by atoms with van der Waals surface area (Å²) in [6, 6.07) is 10.1. The smallest absolute Gasteiger partial charge is 0.357 e. The van der Waals surface area contributed by atoms with Gasteiger partial charge in [-0.3, -0.25) is 9.89 Å². The van der Waals surface area contributed by atoms with E-state index in [1.165, 1.54) is 10.5 Å². The summed E-state index contributed by atoms with van der Waals surface area (Å²) in [6.07, 6.45) is -2.61. The van der Waals surface area contributed by atoms with E-state index < -0.39 is 12.7 Å². The standard InChI is InChI=1S/C17H25F3N4.HI/c1-2-21-16(22-10-8-14-6-4-3-5-7-14)23-15-9-11-24(12-15)13-17(18,19)20;/h3-7,15H,2,8-13H2,1H3,(H2,21,22,23);1H. The van der Waals surface area contributed by atoms with Gasteiger partial charge in [-0.2, -0.15) is 13.2 Å². The maximum atomic E-state index is 12.4. The Morgan fingerprint density at radius 3 is 2.64 bits per heavy atom. The normalized spacial score (nSPS) is 18.7. The van der Waals surface area contributed by atoms with Crippen molar-refractivity contribution in [2.45, 2.75) is 32.0 Å². The molecule has 0 spiro atoms. The molecule has 2 rings (SSSR count). The molecular formula is C17H26F3IN4. The molecule has 8 heteroatoms. The van der Waals surface area contributed by atoms with Crippen molar-refractivity contribution < 1.29 is 13.2 Å². The lowest BCUT2D eigenvalue weighted by Gasteiger charge is -2.19. The zero-order chi connectivity index (χ0) is 17.4. The van der Waals surface area contributed by atoms with Crippen LogP contribution < -0.4 is 10.6 Å². The van der Waals surface area contributed by atoms with Gasteiger partial charge in [0.2, 0.25) is 0 Å². The zero-order valence-corrected chi connectivity index (χ0v) is 16.7. The fourth-order valence-electron chi connectivity index (χ4n) is 2.80. The fraction of sp³-hybridized carbons (Fsp3) is 0.588. The van der Waals surface area contributed by atoms with E-state index in [4.69, 9.17) is 0 Å². The first kappa shape index (κ1) is 22.0. The van der Waals surface area contributed by atoms with Crippen molar-refractivity contribution in [3.05, 3.63) is 35.9 Å². The first-order chi connectivity index (χ1) is 11.5. The number of halogens is 4. The maximum absolute atomic E-state index is 12.4. The molecule has 0 amide bonds. The molecular weight excluding hydrogens is 444 g/mol. The second kappa shape index (κ2) is 10.8. The van der Waals surface area contributed by atoms with Crippen molar-refractivity contribution >= 4 is 29.9 Å². The minimum Gasteiger partial charge on any atom is -0.357 e. The number of hydrogen-bond donors (Lipinski definition) is 2. The van der Waals surface area contributed by atoms with Gasteiger partial charge in [0.1, 0.15) is 0 Å². The van der Waals surface area contributed by atoms with E-state index in [0.29, 0.717) is 32.0 Å². The summed E-state index contributed by atoms with van der Waals surface area (Å²) in [5.74, 6) is 0.673. The first-order valence-electron chi connectivity index (χ1n) is 8.34. The second-order valence-corrected chi connectivity index (χ2v) is 5.98. The van der Waals surface area contributed by atoms with Crippen molar-refractivity contribution in [2.24, 2.45) is 4.99 Å². The number of guanidine groups is 1. The van der Waals surface area contributed by atoms with Crippen LogP contribution in [-0.2, 0) is 6.42 Å². The molecule has 1 aromatic carbocycles. The van der Waals surface area contributed by atoms with Crippen molar-refractivity contribution in [3.63, 3.8) is 0 Å². The number of nitrogens with one attached hydrogen (secondary N) is 2. The van der Waals surface area contributed by atoms with Crippen LogP contribution in [0.25, 0.3) is 0 Å². The predicted molar refractivity (Wildman–Crippen MR) is 106 cm³/mol. The average Bonchev–Trinajstić information content (AvgIpc) is 2.93. The minimum atomic E-state index is -4.14. The van der Waals surface area contributed by atoms with Crippen molar-refractivity contribution in [1.29, 1.82) is 0 Å². The van der Waals surface area contributed by atoms with Gasteiger partial charge in [-0.1, -0.05) is 30.3 Å². The minimum absolute atomic E-state index is 0. The van der Waals surface area contributed by atoms with Gasteiger partial charge in [0.25, 0.3) is 0 Å². The zero-order valence-electron chi connectivity index (χ0n) is 14.4. The van der Waals surface area contributed by atoms with Crippen LogP contribution in [0.5, 0.6) is 0 Å². The van der Waals surface area contributed by atoms with Gasteiger partial charge >= 0.3 is 6.18 Å². The van der Waals surface area contributed by atoms with Gasteiger partial charge in [0, 0.05) is 32.2 Å². The molecule has 1 aliphatic rings. The summed E-state index contributed by atoms with van der Waals surface area (Å²) in [5, 5.41) is 6.41. The monoisotopic (exact) mass is 470 g/mol. The Balaban J connectivity index is 0.00000312. The predicted octanol–water partition coefficient (Wildman–Crippen LogP) is 3.04. The molecule has 0 saturated carbocycles. The summed E-state index contributed by atoms with van der Waals surface area (Å²) >= 11 is 0. The van der Waals surface area contributed by atoms with Crippen molar-refractivity contribution in [2.75, 3.05) is 32.7 Å². The highest BCUT2D eigenvalue weighted by molar-refractivity contribution is 14.0. The lowest BCUT2D eigenvalue weighted by Crippen LogP contribution is -2.45. The average molecular weight is 470 g/mol. The summed E-state index contributed by atoms with van der Waals surface area (Å²) in [4.78, 5) is 5.96. The third kappa shape index (κ3) is 8.75. The molecule has 2 N–H and O–H groups in total. The molecule has 1 heterocycles. The van der Waals surface area contributed by atoms with Crippen LogP contribution in [0.3, 0.4) is 0 Å². The molecule has 1 aromatic rings. The number of hydrogen-bond acceptors (Lipinski definition) is 2. The second-order valence-electron chi connectivity index (χ2n) is 5.98. The van der Waals surface area contributed by atoms with Crippen molar-refractivity contribution in [3.8, 4) is 0 Å².